The molecule has 98 valence electrons. The molecule has 2 nitrogen and oxygen atoms in total. The van der Waals surface area contributed by atoms with Gasteiger partial charge >= 0.3 is 0 Å². The van der Waals surface area contributed by atoms with Crippen molar-refractivity contribution in [2.75, 3.05) is 17.6 Å². The maximum Gasteiger partial charge on any atom is 0.174 e. The maximum atomic E-state index is 5.97. The van der Waals surface area contributed by atoms with Gasteiger partial charge in [-0.3, -0.25) is 0 Å². The molecule has 1 heterocycles. The van der Waals surface area contributed by atoms with Gasteiger partial charge in [0.05, 0.1) is 5.37 Å². The Hall–Kier alpha value is -0.450. The number of thiocarbonyl (C=S) groups is 1. The first-order valence-electron chi connectivity index (χ1n) is 6.15. The molecule has 0 bridgehead atoms. The summed E-state index contributed by atoms with van der Waals surface area (Å²) in [4.78, 5) is 2.28. The normalized spacial score (nSPS) is 19.7. The Labute approximate surface area is 123 Å². The summed E-state index contributed by atoms with van der Waals surface area (Å²) in [6, 6.07) is 7.67. The predicted molar refractivity (Wildman–Crippen MR) is 85.5 cm³/mol. The molecule has 0 spiro atoms. The molecule has 1 unspecified atom stereocenters. The van der Waals surface area contributed by atoms with E-state index in [1.165, 1.54) is 12.2 Å². The predicted octanol–water partition coefficient (Wildman–Crippen LogP) is 4.21. The fourth-order valence-electron chi connectivity index (χ4n) is 2.02. The van der Waals surface area contributed by atoms with E-state index in [1.54, 1.807) is 0 Å². The molecular formula is C13H17ClN2S2. The number of anilines is 1. The zero-order valence-corrected chi connectivity index (χ0v) is 12.7. The third-order valence-electron chi connectivity index (χ3n) is 2.89. The van der Waals surface area contributed by atoms with Crippen LogP contribution in [0.3, 0.4) is 0 Å². The van der Waals surface area contributed by atoms with Crippen LogP contribution in [-0.4, -0.2) is 27.7 Å². The van der Waals surface area contributed by atoms with E-state index in [2.05, 4.69) is 17.1 Å². The number of hydrogen-bond acceptors (Lipinski definition) is 2. The first kappa shape index (κ1) is 14.0. The van der Waals surface area contributed by atoms with Crippen LogP contribution < -0.4 is 5.32 Å². The van der Waals surface area contributed by atoms with E-state index in [9.17, 15) is 0 Å². The molecule has 1 aliphatic rings. The summed E-state index contributed by atoms with van der Waals surface area (Å²) in [7, 11) is 0. The largest absolute Gasteiger partial charge is 0.337 e. The Morgan fingerprint density at radius 2 is 2.44 bits per heavy atom. The highest BCUT2D eigenvalue weighted by atomic mass is 35.5. The monoisotopic (exact) mass is 300 g/mol. The van der Waals surface area contributed by atoms with Gasteiger partial charge < -0.3 is 10.2 Å². The number of hydrogen-bond donors (Lipinski definition) is 1. The Balaban J connectivity index is 2.02. The topological polar surface area (TPSA) is 15.3 Å². The number of benzene rings is 1. The van der Waals surface area contributed by atoms with E-state index >= 15 is 0 Å². The van der Waals surface area contributed by atoms with Crippen LogP contribution in [0.4, 0.5) is 5.69 Å². The molecule has 0 aromatic heterocycles. The van der Waals surface area contributed by atoms with Gasteiger partial charge in [-0.1, -0.05) is 24.6 Å². The quantitative estimate of drug-likeness (QED) is 0.823. The first-order valence-corrected chi connectivity index (χ1v) is 7.99. The smallest absolute Gasteiger partial charge is 0.174 e. The molecule has 1 N–H and O–H groups in total. The van der Waals surface area contributed by atoms with Gasteiger partial charge in [-0.05, 0) is 49.0 Å². The summed E-state index contributed by atoms with van der Waals surface area (Å²) in [6.07, 6.45) is 2.31. The van der Waals surface area contributed by atoms with Crippen molar-refractivity contribution < 1.29 is 0 Å². The van der Waals surface area contributed by atoms with Gasteiger partial charge in [0.2, 0.25) is 0 Å². The molecule has 18 heavy (non-hydrogen) atoms. The number of thioether (sulfide) groups is 1. The molecule has 0 radical (unpaired) electrons. The Kier molecular flexibility index (Phi) is 5.15. The van der Waals surface area contributed by atoms with Gasteiger partial charge in [-0.25, -0.2) is 0 Å². The molecule has 1 aromatic rings. The molecule has 1 atom stereocenters. The second-order valence-electron chi connectivity index (χ2n) is 4.22. The Morgan fingerprint density at radius 3 is 3.17 bits per heavy atom. The summed E-state index contributed by atoms with van der Waals surface area (Å²) < 4.78 is 0. The van der Waals surface area contributed by atoms with Crippen molar-refractivity contribution >= 4 is 46.4 Å². The molecule has 0 aliphatic carbocycles. The molecule has 1 saturated heterocycles. The first-order chi connectivity index (χ1) is 8.70. The van der Waals surface area contributed by atoms with Crippen molar-refractivity contribution in [1.29, 1.82) is 0 Å². The van der Waals surface area contributed by atoms with Crippen LogP contribution in [0.15, 0.2) is 24.3 Å². The standard InChI is InChI=1S/C13H17ClN2S2/c1-2-12-16(7-4-8-18-12)13(17)15-11-6-3-5-10(14)9-11/h3,5-6,9,12H,2,4,7-8H2,1H3,(H,15,17). The van der Waals surface area contributed by atoms with Crippen molar-refractivity contribution in [2.45, 2.75) is 25.1 Å². The SMILES string of the molecule is CCC1SCCCN1C(=S)Nc1cccc(Cl)c1. The minimum absolute atomic E-state index is 0.498. The maximum absolute atomic E-state index is 5.97. The highest BCUT2D eigenvalue weighted by Crippen LogP contribution is 2.26. The van der Waals surface area contributed by atoms with E-state index in [1.807, 2.05) is 36.0 Å². The van der Waals surface area contributed by atoms with E-state index in [0.717, 1.165) is 28.8 Å². The molecule has 1 aromatic carbocycles. The number of nitrogens with one attached hydrogen (secondary N) is 1. The van der Waals surface area contributed by atoms with Crippen LogP contribution in [0, 0.1) is 0 Å². The van der Waals surface area contributed by atoms with Crippen LogP contribution in [0.5, 0.6) is 0 Å². The van der Waals surface area contributed by atoms with Crippen LogP contribution in [-0.2, 0) is 0 Å². The third kappa shape index (κ3) is 3.53. The molecular weight excluding hydrogens is 284 g/mol. The molecule has 0 saturated carbocycles. The van der Waals surface area contributed by atoms with Crippen molar-refractivity contribution in [1.82, 2.24) is 4.90 Å². The summed E-state index contributed by atoms with van der Waals surface area (Å²) in [6.45, 7) is 3.25. The van der Waals surface area contributed by atoms with Crippen LogP contribution in [0.2, 0.25) is 5.02 Å². The summed E-state index contributed by atoms with van der Waals surface area (Å²) in [5.41, 5.74) is 0.956. The lowest BCUT2D eigenvalue weighted by atomic mass is 10.3. The second-order valence-corrected chi connectivity index (χ2v) is 6.33. The molecule has 1 aliphatic heterocycles. The van der Waals surface area contributed by atoms with E-state index in [-0.39, 0.29) is 0 Å². The molecule has 5 heteroatoms. The summed E-state index contributed by atoms with van der Waals surface area (Å²) in [5, 5.41) is 5.30. The van der Waals surface area contributed by atoms with Crippen molar-refractivity contribution in [3.05, 3.63) is 29.3 Å². The van der Waals surface area contributed by atoms with Crippen LogP contribution in [0.25, 0.3) is 0 Å². The number of halogens is 1. The van der Waals surface area contributed by atoms with Crippen LogP contribution in [0.1, 0.15) is 19.8 Å². The summed E-state index contributed by atoms with van der Waals surface area (Å²) in [5.74, 6) is 1.23. The number of nitrogens with zero attached hydrogens (tertiary/aromatic N) is 1. The zero-order valence-electron chi connectivity index (χ0n) is 10.4. The lowest BCUT2D eigenvalue weighted by Crippen LogP contribution is -2.44. The lowest BCUT2D eigenvalue weighted by Gasteiger charge is -2.36. The van der Waals surface area contributed by atoms with E-state index < -0.39 is 0 Å². The minimum Gasteiger partial charge on any atom is -0.337 e. The highest BCUT2D eigenvalue weighted by Gasteiger charge is 2.23. The third-order valence-corrected chi connectivity index (χ3v) is 4.96. The van der Waals surface area contributed by atoms with Gasteiger partial charge in [0, 0.05) is 17.3 Å². The van der Waals surface area contributed by atoms with Gasteiger partial charge in [0.1, 0.15) is 0 Å². The fraction of sp³-hybridized carbons (Fsp3) is 0.462. The molecule has 2 rings (SSSR count). The van der Waals surface area contributed by atoms with Gasteiger partial charge in [-0.15, -0.1) is 11.8 Å². The van der Waals surface area contributed by atoms with E-state index in [0.29, 0.717) is 5.37 Å². The lowest BCUT2D eigenvalue weighted by molar-refractivity contribution is 0.381. The Bertz CT molecular complexity index is 425. The fourth-order valence-corrected chi connectivity index (χ4v) is 3.81. The van der Waals surface area contributed by atoms with Crippen molar-refractivity contribution in [3.8, 4) is 0 Å². The molecule has 0 amide bonds. The Morgan fingerprint density at radius 1 is 1.61 bits per heavy atom. The minimum atomic E-state index is 0.498. The van der Waals surface area contributed by atoms with Crippen molar-refractivity contribution in [2.24, 2.45) is 0 Å². The average Bonchev–Trinajstić information content (AvgIpc) is 2.38. The van der Waals surface area contributed by atoms with Gasteiger partial charge in [-0.2, -0.15) is 0 Å². The second kappa shape index (κ2) is 6.64. The molecule has 1 fully saturated rings. The average molecular weight is 301 g/mol. The zero-order chi connectivity index (χ0) is 13.0. The van der Waals surface area contributed by atoms with Crippen molar-refractivity contribution in [3.63, 3.8) is 0 Å². The van der Waals surface area contributed by atoms with E-state index in [4.69, 9.17) is 23.8 Å². The van der Waals surface area contributed by atoms with Crippen LogP contribution >= 0.6 is 35.6 Å². The summed E-state index contributed by atoms with van der Waals surface area (Å²) >= 11 is 13.5. The van der Waals surface area contributed by atoms with Gasteiger partial charge in [0.25, 0.3) is 0 Å². The highest BCUT2D eigenvalue weighted by molar-refractivity contribution is 7.99. The van der Waals surface area contributed by atoms with Gasteiger partial charge in [0.15, 0.2) is 5.11 Å². The number of rotatable bonds is 2.